The van der Waals surface area contributed by atoms with Crippen molar-refractivity contribution in [3.63, 3.8) is 0 Å². The van der Waals surface area contributed by atoms with Gasteiger partial charge < -0.3 is 15.4 Å². The summed E-state index contributed by atoms with van der Waals surface area (Å²) >= 11 is 0. The van der Waals surface area contributed by atoms with Crippen LogP contribution in [-0.4, -0.2) is 22.0 Å². The predicted octanol–water partition coefficient (Wildman–Crippen LogP) is 3.36. The summed E-state index contributed by atoms with van der Waals surface area (Å²) in [6.45, 7) is 1.85. The number of H-pyrrole nitrogens is 1. The molecule has 0 spiro atoms. The first-order chi connectivity index (χ1) is 11.0. The van der Waals surface area contributed by atoms with Crippen LogP contribution in [0.4, 0.5) is 5.69 Å². The van der Waals surface area contributed by atoms with Gasteiger partial charge in [-0.2, -0.15) is 0 Å². The lowest BCUT2D eigenvalue weighted by Gasteiger charge is -2.06. The van der Waals surface area contributed by atoms with Gasteiger partial charge in [0.25, 0.3) is 5.91 Å². The van der Waals surface area contributed by atoms with E-state index >= 15 is 0 Å². The summed E-state index contributed by atoms with van der Waals surface area (Å²) in [6, 6.07) is 14.4. The maximum Gasteiger partial charge on any atom is 0.307 e. The fraction of sp³-hybridized carbons (Fsp3) is 0.111. The van der Waals surface area contributed by atoms with Gasteiger partial charge in [-0.1, -0.05) is 18.2 Å². The highest BCUT2D eigenvalue weighted by Gasteiger charge is 2.13. The molecule has 0 saturated carbocycles. The van der Waals surface area contributed by atoms with Crippen LogP contribution in [0.1, 0.15) is 21.6 Å². The molecule has 0 fully saturated rings. The third kappa shape index (κ3) is 3.08. The number of carbonyl (C=O) groups excluding carboxylic acids is 1. The standard InChI is InChI=1S/C18H16N2O3/c1-11-14(10-17(21)22)15-9-13(7-8-16(15)19-11)20-18(23)12-5-3-2-4-6-12/h2-9,19H,10H2,1H3,(H,20,23)(H,21,22). The zero-order chi connectivity index (χ0) is 16.4. The van der Waals surface area contributed by atoms with Gasteiger partial charge in [0.1, 0.15) is 0 Å². The van der Waals surface area contributed by atoms with Crippen LogP contribution in [0.3, 0.4) is 0 Å². The van der Waals surface area contributed by atoms with Gasteiger partial charge in [-0.25, -0.2) is 0 Å². The molecule has 0 aliphatic rings. The average molecular weight is 308 g/mol. The second kappa shape index (κ2) is 5.96. The molecule has 1 heterocycles. The molecular weight excluding hydrogens is 292 g/mol. The maximum absolute atomic E-state index is 12.2. The molecule has 3 aromatic rings. The topological polar surface area (TPSA) is 82.2 Å². The molecule has 23 heavy (non-hydrogen) atoms. The van der Waals surface area contributed by atoms with Gasteiger partial charge in [-0.05, 0) is 42.8 Å². The number of benzene rings is 2. The summed E-state index contributed by atoms with van der Waals surface area (Å²) < 4.78 is 0. The van der Waals surface area contributed by atoms with Crippen molar-refractivity contribution in [1.82, 2.24) is 4.98 Å². The van der Waals surface area contributed by atoms with E-state index in [9.17, 15) is 9.59 Å². The van der Waals surface area contributed by atoms with Crippen molar-refractivity contribution in [2.45, 2.75) is 13.3 Å². The molecule has 0 aliphatic carbocycles. The van der Waals surface area contributed by atoms with Crippen LogP contribution in [0.15, 0.2) is 48.5 Å². The van der Waals surface area contributed by atoms with E-state index in [1.54, 1.807) is 36.4 Å². The van der Waals surface area contributed by atoms with Gasteiger partial charge in [0.05, 0.1) is 6.42 Å². The van der Waals surface area contributed by atoms with E-state index in [2.05, 4.69) is 10.3 Å². The van der Waals surface area contributed by atoms with Crippen molar-refractivity contribution in [2.75, 3.05) is 5.32 Å². The highest BCUT2D eigenvalue weighted by atomic mass is 16.4. The largest absolute Gasteiger partial charge is 0.481 e. The smallest absolute Gasteiger partial charge is 0.307 e. The molecule has 5 heteroatoms. The fourth-order valence-electron chi connectivity index (χ4n) is 2.63. The number of aromatic nitrogens is 1. The van der Waals surface area contributed by atoms with E-state index in [4.69, 9.17) is 5.11 Å². The molecule has 116 valence electrons. The molecule has 0 saturated heterocycles. The lowest BCUT2D eigenvalue weighted by Crippen LogP contribution is -2.11. The van der Waals surface area contributed by atoms with Crippen LogP contribution < -0.4 is 5.32 Å². The van der Waals surface area contributed by atoms with E-state index < -0.39 is 5.97 Å². The van der Waals surface area contributed by atoms with E-state index in [0.717, 1.165) is 22.2 Å². The van der Waals surface area contributed by atoms with Crippen molar-refractivity contribution in [1.29, 1.82) is 0 Å². The zero-order valence-electron chi connectivity index (χ0n) is 12.6. The quantitative estimate of drug-likeness (QED) is 0.691. The number of aromatic amines is 1. The predicted molar refractivity (Wildman–Crippen MR) is 88.8 cm³/mol. The molecule has 0 bridgehead atoms. The second-order valence-corrected chi connectivity index (χ2v) is 5.38. The molecule has 3 N–H and O–H groups in total. The highest BCUT2D eigenvalue weighted by Crippen LogP contribution is 2.26. The first kappa shape index (κ1) is 14.8. The molecule has 0 aliphatic heterocycles. The van der Waals surface area contributed by atoms with Crippen LogP contribution >= 0.6 is 0 Å². The number of amides is 1. The molecule has 3 rings (SSSR count). The summed E-state index contributed by atoms with van der Waals surface area (Å²) in [5, 5.41) is 12.7. The van der Waals surface area contributed by atoms with Crippen LogP contribution in [0.5, 0.6) is 0 Å². The first-order valence-corrected chi connectivity index (χ1v) is 7.24. The number of aryl methyl sites for hydroxylation is 1. The molecule has 2 aromatic carbocycles. The van der Waals surface area contributed by atoms with Crippen molar-refractivity contribution in [3.8, 4) is 0 Å². The van der Waals surface area contributed by atoms with Crippen molar-refractivity contribution in [2.24, 2.45) is 0 Å². The number of nitrogens with one attached hydrogen (secondary N) is 2. The molecule has 1 amide bonds. The minimum Gasteiger partial charge on any atom is -0.481 e. The Hall–Kier alpha value is -3.08. The number of hydrogen-bond donors (Lipinski definition) is 3. The normalized spacial score (nSPS) is 10.7. The Morgan fingerprint density at radius 1 is 1.13 bits per heavy atom. The third-order valence-electron chi connectivity index (χ3n) is 3.74. The van der Waals surface area contributed by atoms with Gasteiger partial charge in [-0.15, -0.1) is 0 Å². The molecular formula is C18H16N2O3. The summed E-state index contributed by atoms with van der Waals surface area (Å²) in [5.41, 5.74) is 3.63. The Bertz CT molecular complexity index is 882. The van der Waals surface area contributed by atoms with Crippen LogP contribution in [-0.2, 0) is 11.2 Å². The average Bonchev–Trinajstić information content (AvgIpc) is 2.83. The number of carboxylic acids is 1. The minimum atomic E-state index is -0.882. The molecule has 5 nitrogen and oxygen atoms in total. The van der Waals surface area contributed by atoms with Gasteiger partial charge in [0, 0.05) is 27.8 Å². The maximum atomic E-state index is 12.2. The van der Waals surface area contributed by atoms with Gasteiger partial charge in [0.15, 0.2) is 0 Å². The number of fused-ring (bicyclic) bond motifs is 1. The van der Waals surface area contributed by atoms with E-state index in [1.165, 1.54) is 0 Å². The van der Waals surface area contributed by atoms with E-state index in [1.807, 2.05) is 19.1 Å². The van der Waals surface area contributed by atoms with Gasteiger partial charge in [-0.3, -0.25) is 9.59 Å². The number of carbonyl (C=O) groups is 2. The zero-order valence-corrected chi connectivity index (χ0v) is 12.6. The SMILES string of the molecule is Cc1[nH]c2ccc(NC(=O)c3ccccc3)cc2c1CC(=O)O. The van der Waals surface area contributed by atoms with E-state index in [0.29, 0.717) is 11.3 Å². The van der Waals surface area contributed by atoms with Crippen molar-refractivity contribution in [3.05, 3.63) is 65.4 Å². The van der Waals surface area contributed by atoms with Crippen LogP contribution in [0.25, 0.3) is 10.9 Å². The summed E-state index contributed by atoms with van der Waals surface area (Å²) in [5.74, 6) is -1.08. The molecule has 1 aromatic heterocycles. The highest BCUT2D eigenvalue weighted by molar-refractivity contribution is 6.05. The number of hydrogen-bond acceptors (Lipinski definition) is 2. The summed E-state index contributed by atoms with van der Waals surface area (Å²) in [6.07, 6.45) is -0.0537. The Labute approximate surface area is 133 Å². The summed E-state index contributed by atoms with van der Waals surface area (Å²) in [7, 11) is 0. The Balaban J connectivity index is 1.93. The monoisotopic (exact) mass is 308 g/mol. The Morgan fingerprint density at radius 3 is 2.57 bits per heavy atom. The van der Waals surface area contributed by atoms with Gasteiger partial charge >= 0.3 is 5.97 Å². The van der Waals surface area contributed by atoms with Crippen molar-refractivity contribution < 1.29 is 14.7 Å². The summed E-state index contributed by atoms with van der Waals surface area (Å²) in [4.78, 5) is 26.4. The number of anilines is 1. The number of aliphatic carboxylic acids is 1. The lowest BCUT2D eigenvalue weighted by atomic mass is 10.1. The van der Waals surface area contributed by atoms with Crippen LogP contribution in [0.2, 0.25) is 0 Å². The second-order valence-electron chi connectivity index (χ2n) is 5.38. The lowest BCUT2D eigenvalue weighted by molar-refractivity contribution is -0.136. The Kier molecular flexibility index (Phi) is 3.85. The fourth-order valence-corrected chi connectivity index (χ4v) is 2.63. The minimum absolute atomic E-state index is 0.0537. The first-order valence-electron chi connectivity index (χ1n) is 7.24. The van der Waals surface area contributed by atoms with E-state index in [-0.39, 0.29) is 12.3 Å². The third-order valence-corrected chi connectivity index (χ3v) is 3.74. The van der Waals surface area contributed by atoms with Crippen LogP contribution in [0, 0.1) is 6.92 Å². The number of rotatable bonds is 4. The molecule has 0 unspecified atom stereocenters. The van der Waals surface area contributed by atoms with Crippen molar-refractivity contribution >= 4 is 28.5 Å². The molecule has 0 atom stereocenters. The number of carboxylic acid groups (broad SMARTS) is 1. The van der Waals surface area contributed by atoms with Gasteiger partial charge in [0.2, 0.25) is 0 Å². The molecule has 0 radical (unpaired) electrons. The Morgan fingerprint density at radius 2 is 1.87 bits per heavy atom.